The fourth-order valence-electron chi connectivity index (χ4n) is 3.74. The largest absolute Gasteiger partial charge is 0.366 e. The molecule has 0 bridgehead atoms. The van der Waals surface area contributed by atoms with Crippen LogP contribution in [0.15, 0.2) is 54.6 Å². The zero-order chi connectivity index (χ0) is 20.0. The van der Waals surface area contributed by atoms with Gasteiger partial charge in [-0.15, -0.1) is 0 Å². The highest BCUT2D eigenvalue weighted by molar-refractivity contribution is 6.18. The number of carbonyl (C=O) groups is 1. The third-order valence-corrected chi connectivity index (χ3v) is 5.21. The van der Waals surface area contributed by atoms with Gasteiger partial charge in [-0.25, -0.2) is 8.78 Å². The summed E-state index contributed by atoms with van der Waals surface area (Å²) in [5.74, 6) is -1.95. The summed E-state index contributed by atoms with van der Waals surface area (Å²) in [6.45, 7) is 4.33. The molecule has 0 atom stereocenters. The highest BCUT2D eigenvalue weighted by Gasteiger charge is 2.18. The van der Waals surface area contributed by atoms with Crippen LogP contribution in [0.1, 0.15) is 41.3 Å². The van der Waals surface area contributed by atoms with Crippen molar-refractivity contribution in [3.8, 4) is 0 Å². The van der Waals surface area contributed by atoms with Crippen molar-refractivity contribution < 1.29 is 13.6 Å². The second kappa shape index (κ2) is 6.75. The quantitative estimate of drug-likeness (QED) is 0.512. The second-order valence-electron chi connectivity index (χ2n) is 7.29. The Morgan fingerprint density at radius 3 is 2.50 bits per heavy atom. The molecule has 1 aromatic heterocycles. The SMILES string of the molecule is CC(C)c1ccc2c3c(C(N)=O)cccc3n(Cc3cccc(F)c3F)c2c1. The summed E-state index contributed by atoms with van der Waals surface area (Å²) in [5, 5.41) is 1.60. The first-order chi connectivity index (χ1) is 13.4. The van der Waals surface area contributed by atoms with Gasteiger partial charge in [-0.2, -0.15) is 0 Å². The van der Waals surface area contributed by atoms with E-state index in [4.69, 9.17) is 5.73 Å². The van der Waals surface area contributed by atoms with Crippen molar-refractivity contribution in [1.29, 1.82) is 0 Å². The van der Waals surface area contributed by atoms with Gasteiger partial charge in [-0.3, -0.25) is 4.79 Å². The number of hydrogen-bond acceptors (Lipinski definition) is 1. The summed E-state index contributed by atoms with van der Waals surface area (Å²) < 4.78 is 30.0. The minimum atomic E-state index is -0.876. The molecule has 0 spiro atoms. The Kier molecular flexibility index (Phi) is 4.38. The van der Waals surface area contributed by atoms with E-state index in [2.05, 4.69) is 13.8 Å². The Labute approximate surface area is 161 Å². The number of halogens is 2. The van der Waals surface area contributed by atoms with Crippen molar-refractivity contribution in [2.45, 2.75) is 26.3 Å². The third-order valence-electron chi connectivity index (χ3n) is 5.21. The molecule has 3 nitrogen and oxygen atoms in total. The Morgan fingerprint density at radius 2 is 1.79 bits per heavy atom. The molecule has 4 rings (SSSR count). The zero-order valence-electron chi connectivity index (χ0n) is 15.7. The van der Waals surface area contributed by atoms with Crippen LogP contribution in [0.4, 0.5) is 8.78 Å². The Morgan fingerprint density at radius 1 is 1.04 bits per heavy atom. The first-order valence-corrected chi connectivity index (χ1v) is 9.16. The molecule has 4 aromatic rings. The summed E-state index contributed by atoms with van der Waals surface area (Å²) in [7, 11) is 0. The second-order valence-corrected chi connectivity index (χ2v) is 7.29. The minimum absolute atomic E-state index is 0.146. The van der Waals surface area contributed by atoms with Gasteiger partial charge in [0.05, 0.1) is 12.1 Å². The van der Waals surface area contributed by atoms with Crippen molar-refractivity contribution in [1.82, 2.24) is 4.57 Å². The van der Waals surface area contributed by atoms with E-state index in [-0.39, 0.29) is 12.1 Å². The summed E-state index contributed by atoms with van der Waals surface area (Å²) in [6.07, 6.45) is 0. The molecule has 0 radical (unpaired) electrons. The molecule has 1 amide bonds. The Hall–Kier alpha value is -3.21. The molecule has 28 heavy (non-hydrogen) atoms. The lowest BCUT2D eigenvalue weighted by atomic mass is 10.00. The van der Waals surface area contributed by atoms with Crippen LogP contribution in [0.5, 0.6) is 0 Å². The molecule has 2 N–H and O–H groups in total. The number of fused-ring (bicyclic) bond motifs is 3. The van der Waals surface area contributed by atoms with Gasteiger partial charge in [0.2, 0.25) is 5.91 Å². The highest BCUT2D eigenvalue weighted by atomic mass is 19.2. The number of amides is 1. The number of benzene rings is 3. The number of primary amides is 1. The lowest BCUT2D eigenvalue weighted by molar-refractivity contribution is 0.100. The third kappa shape index (κ3) is 2.83. The van der Waals surface area contributed by atoms with Crippen LogP contribution in [-0.2, 0) is 6.54 Å². The fourth-order valence-corrected chi connectivity index (χ4v) is 3.74. The summed E-state index contributed by atoms with van der Waals surface area (Å²) in [6, 6.07) is 15.5. The summed E-state index contributed by atoms with van der Waals surface area (Å²) in [4.78, 5) is 12.0. The minimum Gasteiger partial charge on any atom is -0.366 e. The first-order valence-electron chi connectivity index (χ1n) is 9.16. The number of nitrogens with zero attached hydrogens (tertiary/aromatic N) is 1. The normalized spacial score (nSPS) is 11.6. The van der Waals surface area contributed by atoms with Crippen molar-refractivity contribution in [3.05, 3.63) is 82.9 Å². The van der Waals surface area contributed by atoms with Gasteiger partial charge >= 0.3 is 0 Å². The van der Waals surface area contributed by atoms with Gasteiger partial charge in [0, 0.05) is 27.4 Å². The predicted molar refractivity (Wildman–Crippen MR) is 108 cm³/mol. The van der Waals surface area contributed by atoms with Crippen LogP contribution in [0.3, 0.4) is 0 Å². The van der Waals surface area contributed by atoms with E-state index in [1.54, 1.807) is 18.2 Å². The molecule has 3 aromatic carbocycles. The molecule has 0 saturated heterocycles. The van der Waals surface area contributed by atoms with E-state index >= 15 is 0 Å². The number of carbonyl (C=O) groups excluding carboxylic acids is 1. The fraction of sp³-hybridized carbons (Fsp3) is 0.174. The maximum absolute atomic E-state index is 14.3. The van der Waals surface area contributed by atoms with Crippen molar-refractivity contribution >= 4 is 27.7 Å². The van der Waals surface area contributed by atoms with E-state index in [1.807, 2.05) is 28.8 Å². The topological polar surface area (TPSA) is 48.0 Å². The molecule has 1 heterocycles. The van der Waals surface area contributed by atoms with Gasteiger partial charge in [-0.1, -0.05) is 44.2 Å². The van der Waals surface area contributed by atoms with Crippen LogP contribution < -0.4 is 5.73 Å². The Balaban J connectivity index is 2.07. The first kappa shape index (κ1) is 18.2. The average Bonchev–Trinajstić information content (AvgIpc) is 2.98. The summed E-state index contributed by atoms with van der Waals surface area (Å²) >= 11 is 0. The maximum Gasteiger partial charge on any atom is 0.249 e. The van der Waals surface area contributed by atoms with Crippen LogP contribution in [0.25, 0.3) is 21.8 Å². The lowest BCUT2D eigenvalue weighted by Gasteiger charge is -2.11. The van der Waals surface area contributed by atoms with Crippen molar-refractivity contribution in [2.24, 2.45) is 5.73 Å². The number of hydrogen-bond donors (Lipinski definition) is 1. The van der Waals surface area contributed by atoms with E-state index in [1.165, 1.54) is 6.07 Å². The number of nitrogens with two attached hydrogens (primary N) is 1. The predicted octanol–water partition coefficient (Wildman–Crippen LogP) is 5.34. The molecule has 0 unspecified atom stereocenters. The van der Waals surface area contributed by atoms with E-state index in [0.717, 1.165) is 33.4 Å². The summed E-state index contributed by atoms with van der Waals surface area (Å²) in [5.41, 5.74) is 9.00. The Bertz CT molecular complexity index is 1220. The van der Waals surface area contributed by atoms with Crippen LogP contribution in [0, 0.1) is 11.6 Å². The van der Waals surface area contributed by atoms with Gasteiger partial charge in [0.25, 0.3) is 0 Å². The van der Waals surface area contributed by atoms with E-state index in [9.17, 15) is 13.6 Å². The molecule has 0 fully saturated rings. The molecule has 0 aliphatic carbocycles. The van der Waals surface area contributed by atoms with Gasteiger partial charge in [-0.05, 0) is 35.7 Å². The lowest BCUT2D eigenvalue weighted by Crippen LogP contribution is -2.11. The molecular formula is C23H20F2N2O. The van der Waals surface area contributed by atoms with Crippen LogP contribution in [-0.4, -0.2) is 10.5 Å². The molecule has 5 heteroatoms. The van der Waals surface area contributed by atoms with Gasteiger partial charge < -0.3 is 10.3 Å². The molecule has 142 valence electrons. The smallest absolute Gasteiger partial charge is 0.249 e. The molecular weight excluding hydrogens is 358 g/mol. The van der Waals surface area contributed by atoms with Crippen molar-refractivity contribution in [2.75, 3.05) is 0 Å². The monoisotopic (exact) mass is 378 g/mol. The van der Waals surface area contributed by atoms with Gasteiger partial charge in [0.15, 0.2) is 11.6 Å². The van der Waals surface area contributed by atoms with Crippen LogP contribution >= 0.6 is 0 Å². The molecule has 0 saturated carbocycles. The molecule has 0 aliphatic rings. The van der Waals surface area contributed by atoms with Crippen LogP contribution in [0.2, 0.25) is 0 Å². The van der Waals surface area contributed by atoms with E-state index < -0.39 is 17.5 Å². The standard InChI is InChI=1S/C23H20F2N2O/c1-13(2)14-9-10-16-20(11-14)27(12-15-5-3-7-18(24)22(15)25)19-8-4-6-17(21(16)19)23(26)28/h3-11,13H,12H2,1-2H3,(H2,26,28). The van der Waals surface area contributed by atoms with Gasteiger partial charge in [0.1, 0.15) is 0 Å². The molecule has 0 aliphatic heterocycles. The zero-order valence-corrected chi connectivity index (χ0v) is 15.7. The van der Waals surface area contributed by atoms with Crippen molar-refractivity contribution in [3.63, 3.8) is 0 Å². The number of rotatable bonds is 4. The average molecular weight is 378 g/mol. The van der Waals surface area contributed by atoms with E-state index in [0.29, 0.717) is 11.5 Å². The number of aromatic nitrogens is 1. The highest BCUT2D eigenvalue weighted by Crippen LogP contribution is 2.34. The maximum atomic E-state index is 14.3.